The Morgan fingerprint density at radius 3 is 2.74 bits per heavy atom. The van der Waals surface area contributed by atoms with Crippen molar-refractivity contribution in [1.29, 1.82) is 0 Å². The van der Waals surface area contributed by atoms with Gasteiger partial charge in [0.05, 0.1) is 7.11 Å². The molecule has 0 saturated carbocycles. The van der Waals surface area contributed by atoms with Crippen LogP contribution in [0, 0.1) is 0 Å². The van der Waals surface area contributed by atoms with Crippen LogP contribution in [0.25, 0.3) is 0 Å². The number of benzene rings is 1. The third-order valence-electron chi connectivity index (χ3n) is 2.76. The van der Waals surface area contributed by atoms with E-state index in [0.717, 1.165) is 12.8 Å². The number of anilines is 1. The summed E-state index contributed by atoms with van der Waals surface area (Å²) < 4.78 is 31.2. The molecule has 0 aromatic heterocycles. The Kier molecular flexibility index (Phi) is 5.38. The Balaban J connectivity index is 3.05. The number of unbranched alkanes of at least 4 members (excludes halogenated alkanes) is 1. The van der Waals surface area contributed by atoms with Gasteiger partial charge in [-0.05, 0) is 31.0 Å². The molecule has 0 saturated heterocycles. The van der Waals surface area contributed by atoms with Crippen LogP contribution in [-0.2, 0) is 10.0 Å². The van der Waals surface area contributed by atoms with Crippen LogP contribution in [0.3, 0.4) is 0 Å². The van der Waals surface area contributed by atoms with Crippen molar-refractivity contribution in [2.75, 3.05) is 26.4 Å². The van der Waals surface area contributed by atoms with Gasteiger partial charge in [0, 0.05) is 19.3 Å². The summed E-state index contributed by atoms with van der Waals surface area (Å²) in [6.45, 7) is 4.04. The van der Waals surface area contributed by atoms with E-state index in [2.05, 4.69) is 6.58 Å². The molecule has 0 unspecified atom stereocenters. The minimum Gasteiger partial charge on any atom is -0.495 e. The maximum Gasteiger partial charge on any atom is 0.246 e. The van der Waals surface area contributed by atoms with Gasteiger partial charge in [-0.3, -0.25) is 0 Å². The van der Waals surface area contributed by atoms with Gasteiger partial charge in [0.2, 0.25) is 10.0 Å². The fourth-order valence-corrected chi connectivity index (χ4v) is 3.04. The number of nitrogens with zero attached hydrogens (tertiary/aromatic N) is 1. The monoisotopic (exact) mass is 284 g/mol. The molecule has 0 aliphatic rings. The summed E-state index contributed by atoms with van der Waals surface area (Å²) >= 11 is 0. The van der Waals surface area contributed by atoms with E-state index in [1.165, 1.54) is 17.5 Å². The molecule has 19 heavy (non-hydrogen) atoms. The van der Waals surface area contributed by atoms with Crippen molar-refractivity contribution in [3.8, 4) is 5.75 Å². The van der Waals surface area contributed by atoms with Crippen molar-refractivity contribution in [3.63, 3.8) is 0 Å². The van der Waals surface area contributed by atoms with Gasteiger partial charge in [0.25, 0.3) is 0 Å². The molecule has 0 amide bonds. The standard InChI is InChI=1S/C13H20N2O3S/c1-4-5-6-9-15(2)19(16,17)13-10-11(14)7-8-12(13)18-3/h4,7-8,10H,1,5-6,9,14H2,2-3H3. The van der Waals surface area contributed by atoms with E-state index in [1.807, 2.05) is 0 Å². The predicted octanol–water partition coefficient (Wildman–Crippen LogP) is 1.86. The Labute approximate surface area is 114 Å². The van der Waals surface area contributed by atoms with Crippen molar-refractivity contribution in [2.24, 2.45) is 0 Å². The topological polar surface area (TPSA) is 72.6 Å². The highest BCUT2D eigenvalue weighted by Gasteiger charge is 2.24. The fraction of sp³-hybridized carbons (Fsp3) is 0.385. The number of sulfonamides is 1. The maximum atomic E-state index is 12.4. The molecule has 0 spiro atoms. The largest absolute Gasteiger partial charge is 0.495 e. The molecule has 0 heterocycles. The number of hydrogen-bond acceptors (Lipinski definition) is 4. The molecular weight excluding hydrogens is 264 g/mol. The first-order chi connectivity index (χ1) is 8.93. The SMILES string of the molecule is C=CCCCN(C)S(=O)(=O)c1cc(N)ccc1OC. The van der Waals surface area contributed by atoms with Crippen LogP contribution in [-0.4, -0.2) is 33.4 Å². The molecule has 0 aliphatic heterocycles. The third-order valence-corrected chi connectivity index (χ3v) is 4.64. The van der Waals surface area contributed by atoms with Crippen molar-refractivity contribution in [1.82, 2.24) is 4.31 Å². The molecule has 0 atom stereocenters. The number of allylic oxidation sites excluding steroid dienone is 1. The first kappa shape index (κ1) is 15.5. The van der Waals surface area contributed by atoms with Crippen molar-refractivity contribution < 1.29 is 13.2 Å². The van der Waals surface area contributed by atoms with E-state index in [-0.39, 0.29) is 4.90 Å². The second-order valence-electron chi connectivity index (χ2n) is 4.17. The lowest BCUT2D eigenvalue weighted by Gasteiger charge is -2.18. The molecule has 0 fully saturated rings. The number of hydrogen-bond donors (Lipinski definition) is 1. The summed E-state index contributed by atoms with van der Waals surface area (Å²) in [5, 5.41) is 0. The Bertz CT molecular complexity index is 541. The lowest BCUT2D eigenvalue weighted by atomic mass is 10.3. The summed E-state index contributed by atoms with van der Waals surface area (Å²) in [5.74, 6) is 0.296. The van der Waals surface area contributed by atoms with Gasteiger partial charge in [-0.25, -0.2) is 12.7 Å². The predicted molar refractivity (Wildman–Crippen MR) is 76.7 cm³/mol. The fourth-order valence-electron chi connectivity index (χ4n) is 1.64. The maximum absolute atomic E-state index is 12.4. The normalized spacial score (nSPS) is 11.5. The highest BCUT2D eigenvalue weighted by atomic mass is 32.2. The van der Waals surface area contributed by atoms with Gasteiger partial charge >= 0.3 is 0 Å². The Hall–Kier alpha value is -1.53. The van der Waals surface area contributed by atoms with Crippen LogP contribution in [0.4, 0.5) is 5.69 Å². The summed E-state index contributed by atoms with van der Waals surface area (Å²) in [6.07, 6.45) is 3.26. The lowest BCUT2D eigenvalue weighted by Crippen LogP contribution is -2.28. The Morgan fingerprint density at radius 1 is 1.47 bits per heavy atom. The molecular formula is C13H20N2O3S. The molecule has 106 valence electrons. The van der Waals surface area contributed by atoms with Crippen LogP contribution in [0.15, 0.2) is 35.7 Å². The zero-order chi connectivity index (χ0) is 14.5. The zero-order valence-electron chi connectivity index (χ0n) is 11.3. The van der Waals surface area contributed by atoms with Crippen LogP contribution in [0.2, 0.25) is 0 Å². The van der Waals surface area contributed by atoms with E-state index in [1.54, 1.807) is 25.3 Å². The second-order valence-corrected chi connectivity index (χ2v) is 6.18. The lowest BCUT2D eigenvalue weighted by molar-refractivity contribution is 0.397. The van der Waals surface area contributed by atoms with E-state index in [0.29, 0.717) is 18.0 Å². The average molecular weight is 284 g/mol. The minimum atomic E-state index is -3.59. The average Bonchev–Trinajstić information content (AvgIpc) is 2.38. The molecule has 1 aromatic rings. The second kappa shape index (κ2) is 6.58. The minimum absolute atomic E-state index is 0.0936. The molecule has 5 nitrogen and oxygen atoms in total. The molecule has 6 heteroatoms. The first-order valence-corrected chi connectivity index (χ1v) is 7.38. The van der Waals surface area contributed by atoms with Gasteiger partial charge in [-0.1, -0.05) is 6.08 Å². The molecule has 0 radical (unpaired) electrons. The first-order valence-electron chi connectivity index (χ1n) is 5.94. The van der Waals surface area contributed by atoms with E-state index >= 15 is 0 Å². The van der Waals surface area contributed by atoms with Gasteiger partial charge in [0.15, 0.2) is 0 Å². The van der Waals surface area contributed by atoms with Gasteiger partial charge in [-0.2, -0.15) is 0 Å². The van der Waals surface area contributed by atoms with Crippen molar-refractivity contribution >= 4 is 15.7 Å². The summed E-state index contributed by atoms with van der Waals surface area (Å²) in [5.41, 5.74) is 6.04. The number of methoxy groups -OCH3 is 1. The third kappa shape index (κ3) is 3.71. The van der Waals surface area contributed by atoms with Crippen LogP contribution >= 0.6 is 0 Å². The number of nitrogen functional groups attached to an aromatic ring is 1. The smallest absolute Gasteiger partial charge is 0.246 e. The molecule has 1 rings (SSSR count). The van der Waals surface area contributed by atoms with Crippen LogP contribution in [0.1, 0.15) is 12.8 Å². The number of nitrogens with two attached hydrogens (primary N) is 1. The highest BCUT2D eigenvalue weighted by Crippen LogP contribution is 2.28. The number of rotatable bonds is 7. The van der Waals surface area contributed by atoms with Crippen molar-refractivity contribution in [2.45, 2.75) is 17.7 Å². The molecule has 0 bridgehead atoms. The number of ether oxygens (including phenoxy) is 1. The van der Waals surface area contributed by atoms with E-state index in [4.69, 9.17) is 10.5 Å². The van der Waals surface area contributed by atoms with Gasteiger partial charge in [-0.15, -0.1) is 6.58 Å². The zero-order valence-corrected chi connectivity index (χ0v) is 12.1. The molecule has 0 aliphatic carbocycles. The summed E-state index contributed by atoms with van der Waals surface area (Å²) in [6, 6.07) is 4.58. The van der Waals surface area contributed by atoms with Crippen molar-refractivity contribution in [3.05, 3.63) is 30.9 Å². The Morgan fingerprint density at radius 2 is 2.16 bits per heavy atom. The molecule has 1 aromatic carbocycles. The van der Waals surface area contributed by atoms with E-state index in [9.17, 15) is 8.42 Å². The summed E-state index contributed by atoms with van der Waals surface area (Å²) in [4.78, 5) is 0.0936. The molecule has 2 N–H and O–H groups in total. The quantitative estimate of drug-likeness (QED) is 0.471. The van der Waals surface area contributed by atoms with Crippen LogP contribution < -0.4 is 10.5 Å². The van der Waals surface area contributed by atoms with E-state index < -0.39 is 10.0 Å². The van der Waals surface area contributed by atoms with Gasteiger partial charge in [0.1, 0.15) is 10.6 Å². The van der Waals surface area contributed by atoms with Crippen LogP contribution in [0.5, 0.6) is 5.75 Å². The summed E-state index contributed by atoms with van der Waals surface area (Å²) in [7, 11) is -0.615. The van der Waals surface area contributed by atoms with Gasteiger partial charge < -0.3 is 10.5 Å². The highest BCUT2D eigenvalue weighted by molar-refractivity contribution is 7.89.